The third-order valence-electron chi connectivity index (χ3n) is 3.84. The van der Waals surface area contributed by atoms with Crippen LogP contribution in [0.1, 0.15) is 45.6 Å². The zero-order chi connectivity index (χ0) is 16.9. The average molecular weight is 386 g/mol. The van der Waals surface area contributed by atoms with Crippen LogP contribution in [0.2, 0.25) is 0 Å². The van der Waals surface area contributed by atoms with Gasteiger partial charge >= 0.3 is 5.97 Å². The summed E-state index contributed by atoms with van der Waals surface area (Å²) < 4.78 is 17.3. The summed E-state index contributed by atoms with van der Waals surface area (Å²) in [7, 11) is 0. The van der Waals surface area contributed by atoms with E-state index >= 15 is 0 Å². The van der Waals surface area contributed by atoms with Crippen LogP contribution in [0.25, 0.3) is 0 Å². The number of rotatable bonds is 6. The van der Waals surface area contributed by atoms with E-state index in [0.717, 1.165) is 22.9 Å². The largest absolute Gasteiger partial charge is 0.478 e. The second kappa shape index (κ2) is 8.11. The second-order valence-corrected chi connectivity index (χ2v) is 7.40. The average Bonchev–Trinajstić information content (AvgIpc) is 2.50. The van der Waals surface area contributed by atoms with E-state index in [-0.39, 0.29) is 24.1 Å². The Morgan fingerprint density at radius 3 is 2.96 bits per heavy atom. The van der Waals surface area contributed by atoms with Gasteiger partial charge in [0, 0.05) is 22.3 Å². The number of ether oxygens (including phenoxy) is 3. The van der Waals surface area contributed by atoms with Crippen LogP contribution in [0.5, 0.6) is 5.88 Å². The van der Waals surface area contributed by atoms with Gasteiger partial charge in [-0.15, -0.1) is 0 Å². The maximum atomic E-state index is 12.0. The number of hydrogen-bond acceptors (Lipinski definition) is 5. The molecule has 5 nitrogen and oxygen atoms in total. The number of hydrogen-bond donors (Lipinski definition) is 0. The van der Waals surface area contributed by atoms with E-state index in [2.05, 4.69) is 34.8 Å². The SMILES string of the molecule is CCOc1cc(COC(=O)CC2CCC(C)(C)CO2)c(Br)cn1. The highest BCUT2D eigenvalue weighted by molar-refractivity contribution is 9.10. The van der Waals surface area contributed by atoms with Crippen molar-refractivity contribution in [3.05, 3.63) is 22.3 Å². The van der Waals surface area contributed by atoms with Gasteiger partial charge in [-0.3, -0.25) is 4.79 Å². The zero-order valence-corrected chi connectivity index (χ0v) is 15.5. The minimum atomic E-state index is -0.239. The highest BCUT2D eigenvalue weighted by atomic mass is 79.9. The molecule has 2 rings (SSSR count). The number of carbonyl (C=O) groups excluding carboxylic acids is 1. The van der Waals surface area contributed by atoms with Crippen LogP contribution < -0.4 is 4.74 Å². The van der Waals surface area contributed by atoms with Gasteiger partial charge in [-0.25, -0.2) is 4.98 Å². The van der Waals surface area contributed by atoms with Crippen molar-refractivity contribution in [2.24, 2.45) is 5.41 Å². The van der Waals surface area contributed by atoms with Crippen molar-refractivity contribution in [3.8, 4) is 5.88 Å². The molecule has 0 bridgehead atoms. The Morgan fingerprint density at radius 1 is 1.52 bits per heavy atom. The first-order chi connectivity index (χ1) is 10.9. The normalized spacial score (nSPS) is 20.1. The summed E-state index contributed by atoms with van der Waals surface area (Å²) in [6, 6.07) is 1.78. The minimum absolute atomic E-state index is 0.0320. The van der Waals surface area contributed by atoms with Crippen molar-refractivity contribution in [1.29, 1.82) is 0 Å². The van der Waals surface area contributed by atoms with E-state index in [0.29, 0.717) is 25.5 Å². The lowest BCUT2D eigenvalue weighted by molar-refractivity contribution is -0.150. The second-order valence-electron chi connectivity index (χ2n) is 6.55. The Morgan fingerprint density at radius 2 is 2.30 bits per heavy atom. The van der Waals surface area contributed by atoms with Gasteiger partial charge < -0.3 is 14.2 Å². The highest BCUT2D eigenvalue weighted by Gasteiger charge is 2.29. The summed E-state index contributed by atoms with van der Waals surface area (Å²) in [5, 5.41) is 0. The van der Waals surface area contributed by atoms with Crippen LogP contribution in [-0.2, 0) is 20.9 Å². The molecule has 0 spiro atoms. The number of esters is 1. The fraction of sp³-hybridized carbons (Fsp3) is 0.647. The molecule has 23 heavy (non-hydrogen) atoms. The van der Waals surface area contributed by atoms with Crippen LogP contribution in [-0.4, -0.2) is 30.3 Å². The molecule has 0 amide bonds. The molecule has 1 saturated heterocycles. The Kier molecular flexibility index (Phi) is 6.41. The Bertz CT molecular complexity index is 537. The lowest BCUT2D eigenvalue weighted by Crippen LogP contribution is -2.33. The van der Waals surface area contributed by atoms with Crippen molar-refractivity contribution >= 4 is 21.9 Å². The molecule has 0 radical (unpaired) electrons. The molecule has 1 unspecified atom stereocenters. The van der Waals surface area contributed by atoms with Gasteiger partial charge in [0.15, 0.2) is 0 Å². The van der Waals surface area contributed by atoms with Gasteiger partial charge in [-0.2, -0.15) is 0 Å². The molecule has 0 N–H and O–H groups in total. The van der Waals surface area contributed by atoms with E-state index in [1.807, 2.05) is 6.92 Å². The standard InChI is InChI=1S/C17H24BrNO4/c1-4-21-15-7-12(14(18)9-19-15)10-22-16(20)8-13-5-6-17(2,3)11-23-13/h7,9,13H,4-6,8,10-11H2,1-3H3. The predicted octanol–water partition coefficient (Wildman–Crippen LogP) is 3.88. The number of nitrogens with zero attached hydrogens (tertiary/aromatic N) is 1. The molecule has 6 heteroatoms. The maximum absolute atomic E-state index is 12.0. The fourth-order valence-electron chi connectivity index (χ4n) is 2.41. The molecule has 1 aliphatic heterocycles. The molecular weight excluding hydrogens is 362 g/mol. The van der Waals surface area contributed by atoms with E-state index in [1.165, 1.54) is 0 Å². The summed E-state index contributed by atoms with van der Waals surface area (Å²) >= 11 is 3.41. The quantitative estimate of drug-likeness (QED) is 0.695. The summed E-state index contributed by atoms with van der Waals surface area (Å²) in [5.41, 5.74) is 1.04. The number of pyridine rings is 1. The van der Waals surface area contributed by atoms with Crippen LogP contribution >= 0.6 is 15.9 Å². The van der Waals surface area contributed by atoms with Crippen LogP contribution in [0.3, 0.4) is 0 Å². The van der Waals surface area contributed by atoms with E-state index in [1.54, 1.807) is 12.3 Å². The highest BCUT2D eigenvalue weighted by Crippen LogP contribution is 2.31. The predicted molar refractivity (Wildman–Crippen MR) is 90.3 cm³/mol. The Hall–Kier alpha value is -1.14. The van der Waals surface area contributed by atoms with E-state index < -0.39 is 0 Å². The van der Waals surface area contributed by atoms with Crippen molar-refractivity contribution < 1.29 is 19.0 Å². The lowest BCUT2D eigenvalue weighted by atomic mass is 9.85. The van der Waals surface area contributed by atoms with Crippen LogP contribution in [0, 0.1) is 5.41 Å². The lowest BCUT2D eigenvalue weighted by Gasteiger charge is -2.34. The Labute approximate surface area is 145 Å². The van der Waals surface area contributed by atoms with Crippen LogP contribution in [0.4, 0.5) is 0 Å². The molecule has 0 aliphatic carbocycles. The molecule has 1 aliphatic rings. The third kappa shape index (κ3) is 5.77. The summed E-state index contributed by atoms with van der Waals surface area (Å²) in [6.07, 6.45) is 3.89. The molecule has 0 saturated carbocycles. The monoisotopic (exact) mass is 385 g/mol. The van der Waals surface area contributed by atoms with Gasteiger partial charge in [0.2, 0.25) is 5.88 Å². The molecular formula is C17H24BrNO4. The number of carbonyl (C=O) groups is 1. The van der Waals surface area contributed by atoms with Crippen molar-refractivity contribution in [2.45, 2.75) is 52.7 Å². The molecule has 1 atom stereocenters. The fourth-order valence-corrected chi connectivity index (χ4v) is 2.74. The Balaban J connectivity index is 1.81. The molecule has 1 aromatic rings. The van der Waals surface area contributed by atoms with E-state index in [4.69, 9.17) is 14.2 Å². The van der Waals surface area contributed by atoms with Crippen LogP contribution in [0.15, 0.2) is 16.7 Å². The van der Waals surface area contributed by atoms with Gasteiger partial charge in [-0.1, -0.05) is 13.8 Å². The minimum Gasteiger partial charge on any atom is -0.478 e. The third-order valence-corrected chi connectivity index (χ3v) is 4.55. The molecule has 0 aromatic carbocycles. The first-order valence-corrected chi connectivity index (χ1v) is 8.73. The van der Waals surface area contributed by atoms with E-state index in [9.17, 15) is 4.79 Å². The molecule has 2 heterocycles. The summed E-state index contributed by atoms with van der Waals surface area (Å²) in [4.78, 5) is 16.1. The first kappa shape index (κ1) is 18.2. The number of halogens is 1. The molecule has 128 valence electrons. The van der Waals surface area contributed by atoms with Gasteiger partial charge in [0.1, 0.15) is 6.61 Å². The van der Waals surface area contributed by atoms with Gasteiger partial charge in [0.05, 0.1) is 25.7 Å². The molecule has 1 aromatic heterocycles. The first-order valence-electron chi connectivity index (χ1n) is 7.94. The topological polar surface area (TPSA) is 57.7 Å². The van der Waals surface area contributed by atoms with Crippen molar-refractivity contribution in [1.82, 2.24) is 4.98 Å². The smallest absolute Gasteiger partial charge is 0.308 e. The molecule has 1 fully saturated rings. The van der Waals surface area contributed by atoms with Crippen molar-refractivity contribution in [3.63, 3.8) is 0 Å². The van der Waals surface area contributed by atoms with Crippen molar-refractivity contribution in [2.75, 3.05) is 13.2 Å². The van der Waals surface area contributed by atoms with Gasteiger partial charge in [-0.05, 0) is 41.1 Å². The van der Waals surface area contributed by atoms with Gasteiger partial charge in [0.25, 0.3) is 0 Å². The maximum Gasteiger partial charge on any atom is 0.308 e. The summed E-state index contributed by atoms with van der Waals surface area (Å²) in [6.45, 7) is 7.69. The zero-order valence-electron chi connectivity index (χ0n) is 13.9. The summed E-state index contributed by atoms with van der Waals surface area (Å²) in [5.74, 6) is 0.288. The number of aromatic nitrogens is 1.